The van der Waals surface area contributed by atoms with Gasteiger partial charge in [-0.1, -0.05) is 43.6 Å². The number of aromatic nitrogens is 2. The van der Waals surface area contributed by atoms with Crippen molar-refractivity contribution in [2.75, 3.05) is 13.7 Å². The van der Waals surface area contributed by atoms with Gasteiger partial charge in [0.15, 0.2) is 0 Å². The second-order valence-electron chi connectivity index (χ2n) is 7.73. The molecule has 2 aromatic rings. The lowest BCUT2D eigenvalue weighted by atomic mass is 9.95. The highest BCUT2D eigenvalue weighted by atomic mass is 16.5. The number of nitrogens with zero attached hydrogens (tertiary/aromatic N) is 3. The Labute approximate surface area is 177 Å². The first-order valence-electron chi connectivity index (χ1n) is 9.79. The molecule has 1 aliphatic rings. The lowest BCUT2D eigenvalue weighted by molar-refractivity contribution is -0.135. The summed E-state index contributed by atoms with van der Waals surface area (Å²) in [7, 11) is 7.00. The monoisotopic (exact) mass is 405 g/mol. The van der Waals surface area contributed by atoms with E-state index in [0.717, 1.165) is 11.3 Å². The maximum absolute atomic E-state index is 13.3. The number of nitriles is 1. The predicted molar refractivity (Wildman–Crippen MR) is 112 cm³/mol. The SMILES string of the molecule is [B]c1ccc(-c2cnc([C@@H]3C[C@H](C#N)CN3C(=O)[C@@H](NC(=O)OC)C(C)C)[nH]2)cc1. The van der Waals surface area contributed by atoms with Crippen molar-refractivity contribution in [1.29, 1.82) is 5.26 Å². The molecule has 1 aromatic heterocycles. The molecule has 2 radical (unpaired) electrons. The molecule has 1 aliphatic heterocycles. The molecular formula is C21H24BN5O3. The Hall–Kier alpha value is -3.28. The van der Waals surface area contributed by atoms with Crippen LogP contribution in [0, 0.1) is 23.2 Å². The van der Waals surface area contributed by atoms with E-state index >= 15 is 0 Å². The van der Waals surface area contributed by atoms with Gasteiger partial charge in [-0.2, -0.15) is 5.26 Å². The number of carbonyl (C=O) groups is 2. The number of H-pyrrole nitrogens is 1. The molecule has 2 heterocycles. The van der Waals surface area contributed by atoms with Crippen LogP contribution >= 0.6 is 0 Å². The summed E-state index contributed by atoms with van der Waals surface area (Å²) in [6.07, 6.45) is 1.51. The summed E-state index contributed by atoms with van der Waals surface area (Å²) < 4.78 is 4.66. The first-order valence-corrected chi connectivity index (χ1v) is 9.79. The molecule has 8 nitrogen and oxygen atoms in total. The fourth-order valence-corrected chi connectivity index (χ4v) is 3.63. The Kier molecular flexibility index (Phi) is 6.45. The molecule has 30 heavy (non-hydrogen) atoms. The van der Waals surface area contributed by atoms with E-state index in [1.165, 1.54) is 7.11 Å². The van der Waals surface area contributed by atoms with Crippen molar-refractivity contribution in [3.63, 3.8) is 0 Å². The van der Waals surface area contributed by atoms with Gasteiger partial charge >= 0.3 is 6.09 Å². The number of nitrogens with one attached hydrogen (secondary N) is 2. The van der Waals surface area contributed by atoms with Crippen molar-refractivity contribution in [1.82, 2.24) is 20.2 Å². The van der Waals surface area contributed by atoms with Gasteiger partial charge < -0.3 is 19.9 Å². The second kappa shape index (κ2) is 9.03. The molecule has 9 heteroatoms. The van der Waals surface area contributed by atoms with Crippen LogP contribution in [0.25, 0.3) is 11.3 Å². The Bertz CT molecular complexity index is 950. The molecule has 0 aliphatic carbocycles. The van der Waals surface area contributed by atoms with Crippen LogP contribution in [-0.2, 0) is 9.53 Å². The predicted octanol–water partition coefficient (Wildman–Crippen LogP) is 1.66. The molecule has 0 saturated carbocycles. The van der Waals surface area contributed by atoms with E-state index in [-0.39, 0.29) is 30.3 Å². The zero-order valence-electron chi connectivity index (χ0n) is 17.3. The number of methoxy groups -OCH3 is 1. The third-order valence-electron chi connectivity index (χ3n) is 5.29. The summed E-state index contributed by atoms with van der Waals surface area (Å²) in [5.41, 5.74) is 2.38. The molecular weight excluding hydrogens is 381 g/mol. The normalized spacial score (nSPS) is 19.4. The standard InChI is InChI=1S/C21H24BN5O3/c1-12(2)18(26-21(29)30-3)20(28)27-11-13(9-23)8-17(27)19-24-10-16(25-19)14-4-6-15(22)7-5-14/h4-7,10,12-13,17-18H,8,11H2,1-3H3,(H,24,25)(H,26,29)/t13-,17+,18+/m1/s1. The topological polar surface area (TPSA) is 111 Å². The molecule has 3 atom stereocenters. The van der Waals surface area contributed by atoms with E-state index < -0.39 is 12.1 Å². The number of alkyl carbamates (subject to hydrolysis) is 1. The largest absolute Gasteiger partial charge is 0.453 e. The number of hydrogen-bond acceptors (Lipinski definition) is 5. The summed E-state index contributed by atoms with van der Waals surface area (Å²) in [5, 5.41) is 12.1. The van der Waals surface area contributed by atoms with Gasteiger partial charge in [-0.15, -0.1) is 0 Å². The third-order valence-corrected chi connectivity index (χ3v) is 5.29. The number of imidazole rings is 1. The fraction of sp³-hybridized carbons (Fsp3) is 0.429. The average Bonchev–Trinajstić information content (AvgIpc) is 3.38. The van der Waals surface area contributed by atoms with Crippen molar-refractivity contribution in [3.8, 4) is 17.3 Å². The highest BCUT2D eigenvalue weighted by Crippen LogP contribution is 2.35. The van der Waals surface area contributed by atoms with Crippen molar-refractivity contribution in [2.45, 2.75) is 32.4 Å². The molecule has 1 aromatic carbocycles. The van der Waals surface area contributed by atoms with Crippen molar-refractivity contribution >= 4 is 25.3 Å². The smallest absolute Gasteiger partial charge is 0.407 e. The van der Waals surface area contributed by atoms with E-state index in [9.17, 15) is 14.9 Å². The zero-order valence-corrected chi connectivity index (χ0v) is 17.3. The van der Waals surface area contributed by atoms with Crippen molar-refractivity contribution in [3.05, 3.63) is 36.3 Å². The second-order valence-corrected chi connectivity index (χ2v) is 7.73. The highest BCUT2D eigenvalue weighted by molar-refractivity contribution is 6.32. The summed E-state index contributed by atoms with van der Waals surface area (Å²) in [6, 6.07) is 8.49. The van der Waals surface area contributed by atoms with Gasteiger partial charge in [0.2, 0.25) is 5.91 Å². The van der Waals surface area contributed by atoms with Gasteiger partial charge in [0, 0.05) is 6.54 Å². The minimum absolute atomic E-state index is 0.152. The Morgan fingerprint density at radius 1 is 1.37 bits per heavy atom. The molecule has 0 spiro atoms. The molecule has 2 N–H and O–H groups in total. The van der Waals surface area contributed by atoms with Gasteiger partial charge in [0.1, 0.15) is 19.7 Å². The number of ether oxygens (including phenoxy) is 1. The van der Waals surface area contributed by atoms with E-state index in [2.05, 4.69) is 26.1 Å². The van der Waals surface area contributed by atoms with E-state index in [1.807, 2.05) is 26.0 Å². The van der Waals surface area contributed by atoms with Crippen LogP contribution in [0.5, 0.6) is 0 Å². The molecule has 1 saturated heterocycles. The first-order chi connectivity index (χ1) is 14.3. The van der Waals surface area contributed by atoms with Crippen LogP contribution < -0.4 is 10.8 Å². The minimum Gasteiger partial charge on any atom is -0.453 e. The van der Waals surface area contributed by atoms with Crippen LogP contribution in [0.15, 0.2) is 30.5 Å². The van der Waals surface area contributed by atoms with Gasteiger partial charge in [0.25, 0.3) is 0 Å². The molecule has 154 valence electrons. The average molecular weight is 405 g/mol. The highest BCUT2D eigenvalue weighted by Gasteiger charge is 2.41. The third kappa shape index (κ3) is 4.48. The van der Waals surface area contributed by atoms with Crippen LogP contribution in [0.4, 0.5) is 4.79 Å². The molecule has 1 fully saturated rings. The molecule has 3 rings (SSSR count). The van der Waals surface area contributed by atoms with E-state index in [1.54, 1.807) is 23.2 Å². The number of benzene rings is 1. The number of aromatic amines is 1. The lowest BCUT2D eigenvalue weighted by Gasteiger charge is -2.29. The first kappa shape index (κ1) is 21.4. The van der Waals surface area contributed by atoms with Gasteiger partial charge in [0.05, 0.1) is 37.0 Å². The Morgan fingerprint density at radius 2 is 2.07 bits per heavy atom. The summed E-state index contributed by atoms with van der Waals surface area (Å²) in [5.74, 6) is -0.118. The van der Waals surface area contributed by atoms with Gasteiger partial charge in [-0.25, -0.2) is 9.78 Å². The number of amides is 2. The van der Waals surface area contributed by atoms with Crippen LogP contribution in [-0.4, -0.2) is 54.4 Å². The van der Waals surface area contributed by atoms with Crippen molar-refractivity contribution in [2.24, 2.45) is 11.8 Å². The summed E-state index contributed by atoms with van der Waals surface area (Å²) in [4.78, 5) is 34.4. The Morgan fingerprint density at radius 3 is 2.67 bits per heavy atom. The Balaban J connectivity index is 1.87. The number of hydrogen-bond donors (Lipinski definition) is 2. The number of likely N-dealkylation sites (tertiary alicyclic amines) is 1. The molecule has 0 bridgehead atoms. The fourth-order valence-electron chi connectivity index (χ4n) is 3.63. The van der Waals surface area contributed by atoms with E-state index in [0.29, 0.717) is 17.7 Å². The van der Waals surface area contributed by atoms with Crippen molar-refractivity contribution < 1.29 is 14.3 Å². The van der Waals surface area contributed by atoms with Gasteiger partial charge in [-0.05, 0) is 17.9 Å². The van der Waals surface area contributed by atoms with Crippen LogP contribution in [0.1, 0.15) is 32.1 Å². The minimum atomic E-state index is -0.760. The molecule has 0 unspecified atom stereocenters. The zero-order chi connectivity index (χ0) is 21.8. The molecule has 2 amide bonds. The number of carbonyl (C=O) groups excluding carboxylic acids is 2. The van der Waals surface area contributed by atoms with Crippen LogP contribution in [0.2, 0.25) is 0 Å². The van der Waals surface area contributed by atoms with Crippen LogP contribution in [0.3, 0.4) is 0 Å². The quantitative estimate of drug-likeness (QED) is 0.736. The maximum atomic E-state index is 13.3. The lowest BCUT2D eigenvalue weighted by Crippen LogP contribution is -2.51. The number of rotatable bonds is 5. The summed E-state index contributed by atoms with van der Waals surface area (Å²) >= 11 is 0. The van der Waals surface area contributed by atoms with E-state index in [4.69, 9.17) is 7.85 Å². The van der Waals surface area contributed by atoms with Gasteiger partial charge in [-0.3, -0.25) is 4.79 Å². The maximum Gasteiger partial charge on any atom is 0.407 e. The summed E-state index contributed by atoms with van der Waals surface area (Å²) in [6.45, 7) is 3.97.